The predicted octanol–water partition coefficient (Wildman–Crippen LogP) is 8.63. The van der Waals surface area contributed by atoms with Gasteiger partial charge in [-0.25, -0.2) is 0 Å². The Hall–Kier alpha value is -4.06. The van der Waals surface area contributed by atoms with Crippen molar-refractivity contribution in [3.8, 4) is 11.8 Å². The van der Waals surface area contributed by atoms with Gasteiger partial charge in [0.05, 0.1) is 17.7 Å². The first-order valence-electron chi connectivity index (χ1n) is 13.4. The monoisotopic (exact) mass is 580 g/mol. The van der Waals surface area contributed by atoms with E-state index < -0.39 is 23.5 Å². The molecule has 8 heteroatoms. The van der Waals surface area contributed by atoms with Gasteiger partial charge in [-0.1, -0.05) is 78.6 Å². The van der Waals surface area contributed by atoms with Crippen molar-refractivity contribution in [3.63, 3.8) is 0 Å². The zero-order chi connectivity index (χ0) is 30.2. The van der Waals surface area contributed by atoms with E-state index in [0.29, 0.717) is 17.7 Å². The third kappa shape index (κ3) is 9.23. The third-order valence-electron chi connectivity index (χ3n) is 6.75. The Balaban J connectivity index is 1.45. The van der Waals surface area contributed by atoms with Crippen molar-refractivity contribution < 1.29 is 26.3 Å². The van der Waals surface area contributed by atoms with Gasteiger partial charge in [-0.2, -0.15) is 26.3 Å². The van der Waals surface area contributed by atoms with E-state index >= 15 is 0 Å². The quantitative estimate of drug-likeness (QED) is 0.158. The molecule has 0 amide bonds. The number of hydrogen-bond acceptors (Lipinski definition) is 2. The Morgan fingerprint density at radius 3 is 1.74 bits per heavy atom. The van der Waals surface area contributed by atoms with Crippen LogP contribution < -0.4 is 5.32 Å². The molecule has 0 aliphatic heterocycles. The lowest BCUT2D eigenvalue weighted by atomic mass is 10.1. The van der Waals surface area contributed by atoms with E-state index in [1.807, 2.05) is 47.4 Å². The van der Waals surface area contributed by atoms with Crippen LogP contribution in [0.15, 0.2) is 103 Å². The minimum Gasteiger partial charge on any atom is -0.306 e. The molecule has 4 aromatic carbocycles. The van der Waals surface area contributed by atoms with Gasteiger partial charge in [0.1, 0.15) is 0 Å². The van der Waals surface area contributed by atoms with Gasteiger partial charge in [0.25, 0.3) is 0 Å². The first-order valence-corrected chi connectivity index (χ1v) is 13.4. The van der Waals surface area contributed by atoms with Gasteiger partial charge in [0, 0.05) is 31.2 Å². The summed E-state index contributed by atoms with van der Waals surface area (Å²) in [4.78, 5) is 1.88. The molecule has 0 spiro atoms. The minimum atomic E-state index is -4.44. The van der Waals surface area contributed by atoms with Crippen LogP contribution in [0.2, 0.25) is 0 Å². The van der Waals surface area contributed by atoms with Crippen LogP contribution in [0.3, 0.4) is 0 Å². The summed E-state index contributed by atoms with van der Waals surface area (Å²) < 4.78 is 78.0. The van der Waals surface area contributed by atoms with Gasteiger partial charge in [0.15, 0.2) is 0 Å². The second-order valence-electron chi connectivity index (χ2n) is 10.0. The molecule has 1 N–H and O–H groups in total. The number of hydrogen-bond donors (Lipinski definition) is 1. The molecule has 0 bridgehead atoms. The molecule has 0 saturated heterocycles. The van der Waals surface area contributed by atoms with Crippen LogP contribution in [0.5, 0.6) is 0 Å². The number of rotatable bonds is 9. The molecular weight excluding hydrogens is 550 g/mol. The van der Waals surface area contributed by atoms with Crippen molar-refractivity contribution in [1.82, 2.24) is 10.2 Å². The first-order chi connectivity index (χ1) is 20.0. The van der Waals surface area contributed by atoms with Crippen LogP contribution in [0.25, 0.3) is 0 Å². The van der Waals surface area contributed by atoms with Gasteiger partial charge in [-0.05, 0) is 65.6 Å². The molecule has 0 fully saturated rings. The maximum atomic E-state index is 13.0. The molecule has 42 heavy (non-hydrogen) atoms. The molecule has 0 radical (unpaired) electrons. The standard InChI is InChI=1S/C34H30F6N2/c1-25(30-10-3-2-4-11-30)41-22-29-8-5-7-26(21-29)9-6-20-42(23-27-12-16-31(17-13-27)33(35,36)37)24-28-14-18-32(19-15-28)34(38,39)40/h2-5,7-8,10-19,21,25,41H,20,22-24H2,1H3/t25-/m1/s1. The van der Waals surface area contributed by atoms with Gasteiger partial charge >= 0.3 is 12.4 Å². The summed E-state index contributed by atoms with van der Waals surface area (Å²) in [5, 5.41) is 3.50. The average molecular weight is 581 g/mol. The van der Waals surface area contributed by atoms with E-state index in [9.17, 15) is 26.3 Å². The van der Waals surface area contributed by atoms with Crippen molar-refractivity contribution in [2.45, 2.75) is 45.0 Å². The summed E-state index contributed by atoms with van der Waals surface area (Å²) in [6.07, 6.45) is -8.87. The van der Waals surface area contributed by atoms with E-state index in [4.69, 9.17) is 0 Å². The fourth-order valence-corrected chi connectivity index (χ4v) is 4.43. The molecule has 0 aliphatic carbocycles. The molecule has 0 aliphatic rings. The SMILES string of the molecule is C[C@@H](NCc1cccc(C#CCN(Cc2ccc(C(F)(F)F)cc2)Cc2ccc(C(F)(F)F)cc2)c1)c1ccccc1. The van der Waals surface area contributed by atoms with Crippen LogP contribution in [0.4, 0.5) is 26.3 Å². The normalized spacial score (nSPS) is 12.6. The topological polar surface area (TPSA) is 15.3 Å². The second kappa shape index (κ2) is 13.7. The highest BCUT2D eigenvalue weighted by molar-refractivity contribution is 5.37. The Bertz CT molecular complexity index is 1420. The van der Waals surface area contributed by atoms with Crippen LogP contribution >= 0.6 is 0 Å². The Morgan fingerprint density at radius 1 is 0.667 bits per heavy atom. The molecule has 0 saturated carbocycles. The lowest BCUT2D eigenvalue weighted by Gasteiger charge is -2.21. The Kier molecular flexibility index (Phi) is 10.1. The number of benzene rings is 4. The highest BCUT2D eigenvalue weighted by Crippen LogP contribution is 2.30. The molecule has 4 aromatic rings. The van der Waals surface area contributed by atoms with Crippen molar-refractivity contribution in [1.29, 1.82) is 0 Å². The van der Waals surface area contributed by atoms with E-state index in [1.54, 1.807) is 0 Å². The van der Waals surface area contributed by atoms with Gasteiger partial charge in [0.2, 0.25) is 0 Å². The summed E-state index contributed by atoms with van der Waals surface area (Å²) >= 11 is 0. The number of nitrogens with zero attached hydrogens (tertiary/aromatic N) is 1. The lowest BCUT2D eigenvalue weighted by molar-refractivity contribution is -0.138. The first kappa shape index (κ1) is 30.9. The van der Waals surface area contributed by atoms with E-state index in [2.05, 4.69) is 36.2 Å². The number of alkyl halides is 6. The van der Waals surface area contributed by atoms with E-state index in [-0.39, 0.29) is 25.7 Å². The van der Waals surface area contributed by atoms with E-state index in [1.165, 1.54) is 29.8 Å². The molecule has 218 valence electrons. The van der Waals surface area contributed by atoms with Gasteiger partial charge in [-0.15, -0.1) is 0 Å². The summed E-state index contributed by atoms with van der Waals surface area (Å²) in [7, 11) is 0. The Labute approximate surface area is 242 Å². The lowest BCUT2D eigenvalue weighted by Crippen LogP contribution is -2.23. The largest absolute Gasteiger partial charge is 0.416 e. The van der Waals surface area contributed by atoms with E-state index in [0.717, 1.165) is 35.4 Å². The minimum absolute atomic E-state index is 0.171. The molecule has 0 aromatic heterocycles. The molecule has 1 atom stereocenters. The molecule has 0 unspecified atom stereocenters. The molecule has 2 nitrogen and oxygen atoms in total. The highest BCUT2D eigenvalue weighted by Gasteiger charge is 2.30. The van der Waals surface area contributed by atoms with Crippen LogP contribution in [-0.2, 0) is 32.0 Å². The maximum Gasteiger partial charge on any atom is 0.416 e. The smallest absolute Gasteiger partial charge is 0.306 e. The molecule has 4 rings (SSSR count). The maximum absolute atomic E-state index is 13.0. The van der Waals surface area contributed by atoms with Gasteiger partial charge < -0.3 is 5.32 Å². The molecule has 0 heterocycles. The fraction of sp³-hybridized carbons (Fsp3) is 0.235. The second-order valence-corrected chi connectivity index (χ2v) is 10.0. The van der Waals surface area contributed by atoms with Crippen LogP contribution in [-0.4, -0.2) is 11.4 Å². The van der Waals surface area contributed by atoms with Crippen molar-refractivity contribution in [3.05, 3.63) is 142 Å². The molecular formula is C34H30F6N2. The number of halogens is 6. The zero-order valence-corrected chi connectivity index (χ0v) is 22.9. The van der Waals surface area contributed by atoms with Gasteiger partial charge in [-0.3, -0.25) is 4.90 Å². The average Bonchev–Trinajstić information content (AvgIpc) is 2.96. The van der Waals surface area contributed by atoms with Crippen molar-refractivity contribution in [2.75, 3.05) is 6.54 Å². The Morgan fingerprint density at radius 2 is 1.21 bits per heavy atom. The fourth-order valence-electron chi connectivity index (χ4n) is 4.43. The highest BCUT2D eigenvalue weighted by atomic mass is 19.4. The van der Waals surface area contributed by atoms with Crippen molar-refractivity contribution in [2.24, 2.45) is 0 Å². The number of nitrogens with one attached hydrogen (secondary N) is 1. The summed E-state index contributed by atoms with van der Waals surface area (Å²) in [5.74, 6) is 6.27. The summed E-state index contributed by atoms with van der Waals surface area (Å²) in [6.45, 7) is 3.56. The van der Waals surface area contributed by atoms with Crippen molar-refractivity contribution >= 4 is 0 Å². The predicted molar refractivity (Wildman–Crippen MR) is 152 cm³/mol. The van der Waals surface area contributed by atoms with Crippen LogP contribution in [0, 0.1) is 11.8 Å². The van der Waals surface area contributed by atoms with Crippen LogP contribution in [0.1, 0.15) is 51.9 Å². The summed E-state index contributed by atoms with van der Waals surface area (Å²) in [5.41, 5.74) is 2.85. The summed E-state index contributed by atoms with van der Waals surface area (Å²) in [6, 6.07) is 27.8. The third-order valence-corrected chi connectivity index (χ3v) is 6.75. The zero-order valence-electron chi connectivity index (χ0n) is 22.9.